The summed E-state index contributed by atoms with van der Waals surface area (Å²) in [5, 5.41) is 2.89. The number of likely N-dealkylation sites (tertiary alicyclic amines) is 1. The van der Waals surface area contributed by atoms with Crippen LogP contribution in [-0.2, 0) is 11.2 Å². The van der Waals surface area contributed by atoms with Gasteiger partial charge in [-0.15, -0.1) is 0 Å². The second-order valence-electron chi connectivity index (χ2n) is 7.06. The Kier molecular flexibility index (Phi) is 6.18. The molecule has 0 unspecified atom stereocenters. The van der Waals surface area contributed by atoms with Gasteiger partial charge in [-0.25, -0.2) is 0 Å². The van der Waals surface area contributed by atoms with E-state index in [-0.39, 0.29) is 11.7 Å². The van der Waals surface area contributed by atoms with Crippen LogP contribution in [-0.4, -0.2) is 36.2 Å². The number of ketones is 1. The third-order valence-corrected chi connectivity index (χ3v) is 5.02. The van der Waals surface area contributed by atoms with Crippen molar-refractivity contribution in [3.8, 4) is 0 Å². The predicted molar refractivity (Wildman–Crippen MR) is 104 cm³/mol. The van der Waals surface area contributed by atoms with E-state index in [1.165, 1.54) is 12.5 Å². The fraction of sp³-hybridized carbons (Fsp3) is 0.364. The van der Waals surface area contributed by atoms with Gasteiger partial charge in [0.05, 0.1) is 12.2 Å². The first-order chi connectivity index (χ1) is 12.6. The lowest BCUT2D eigenvalue weighted by atomic mass is 9.90. The second-order valence-corrected chi connectivity index (χ2v) is 7.06. The van der Waals surface area contributed by atoms with Crippen molar-refractivity contribution >= 4 is 17.4 Å². The Bertz CT molecular complexity index is 750. The summed E-state index contributed by atoms with van der Waals surface area (Å²) in [7, 11) is 0. The minimum absolute atomic E-state index is 0.0392. The Morgan fingerprint density at radius 2 is 1.65 bits per heavy atom. The third kappa shape index (κ3) is 5.02. The molecule has 1 fully saturated rings. The number of benzene rings is 2. The largest absolute Gasteiger partial charge is 0.324 e. The van der Waals surface area contributed by atoms with Gasteiger partial charge in [-0.1, -0.05) is 42.5 Å². The van der Waals surface area contributed by atoms with Crippen LogP contribution in [0.1, 0.15) is 35.7 Å². The monoisotopic (exact) mass is 350 g/mol. The summed E-state index contributed by atoms with van der Waals surface area (Å²) in [6.45, 7) is 3.78. The number of rotatable bonds is 6. The van der Waals surface area contributed by atoms with Gasteiger partial charge in [0.2, 0.25) is 5.91 Å². The van der Waals surface area contributed by atoms with E-state index in [1.54, 1.807) is 12.1 Å². The maximum Gasteiger partial charge on any atom is 0.238 e. The van der Waals surface area contributed by atoms with Crippen molar-refractivity contribution in [1.82, 2.24) is 4.90 Å². The molecule has 0 aromatic heterocycles. The van der Waals surface area contributed by atoms with Crippen molar-refractivity contribution in [2.75, 3.05) is 25.0 Å². The number of amides is 1. The Labute approximate surface area is 155 Å². The molecule has 1 aliphatic heterocycles. The third-order valence-electron chi connectivity index (χ3n) is 5.02. The van der Waals surface area contributed by atoms with E-state index >= 15 is 0 Å². The van der Waals surface area contributed by atoms with Gasteiger partial charge in [0.1, 0.15) is 0 Å². The number of carbonyl (C=O) groups excluding carboxylic acids is 2. The fourth-order valence-corrected chi connectivity index (χ4v) is 3.59. The molecule has 26 heavy (non-hydrogen) atoms. The summed E-state index contributed by atoms with van der Waals surface area (Å²) < 4.78 is 0. The van der Waals surface area contributed by atoms with Gasteiger partial charge in [-0.05, 0) is 62.9 Å². The van der Waals surface area contributed by atoms with Crippen molar-refractivity contribution in [1.29, 1.82) is 0 Å². The standard InChI is InChI=1S/C22H26N2O2/c1-17(25)20-9-5-6-10-21(20)23-22(26)16-24-13-11-19(12-14-24)15-18-7-3-2-4-8-18/h2-10,19H,11-16H2,1H3,(H,23,26). The van der Waals surface area contributed by atoms with Gasteiger partial charge in [0, 0.05) is 5.56 Å². The number of hydrogen-bond acceptors (Lipinski definition) is 3. The van der Waals surface area contributed by atoms with Crippen LogP contribution in [0.3, 0.4) is 0 Å². The average Bonchev–Trinajstić information content (AvgIpc) is 2.64. The van der Waals surface area contributed by atoms with Crippen LogP contribution in [0.25, 0.3) is 0 Å². The molecular weight excluding hydrogens is 324 g/mol. The molecule has 2 aromatic rings. The van der Waals surface area contributed by atoms with Gasteiger partial charge < -0.3 is 5.32 Å². The molecule has 0 spiro atoms. The molecule has 0 radical (unpaired) electrons. The van der Waals surface area contributed by atoms with E-state index in [9.17, 15) is 9.59 Å². The first-order valence-electron chi connectivity index (χ1n) is 9.28. The molecule has 1 N–H and O–H groups in total. The highest BCUT2D eigenvalue weighted by molar-refractivity contribution is 6.04. The summed E-state index contributed by atoms with van der Waals surface area (Å²) in [6, 6.07) is 17.8. The second kappa shape index (κ2) is 8.77. The lowest BCUT2D eigenvalue weighted by molar-refractivity contribution is -0.117. The molecule has 1 heterocycles. The number of Topliss-reactive ketones (excluding diaryl/α,β-unsaturated/α-hetero) is 1. The fourth-order valence-electron chi connectivity index (χ4n) is 3.59. The SMILES string of the molecule is CC(=O)c1ccccc1NC(=O)CN1CCC(Cc2ccccc2)CC1. The highest BCUT2D eigenvalue weighted by atomic mass is 16.2. The van der Waals surface area contributed by atoms with Gasteiger partial charge >= 0.3 is 0 Å². The van der Waals surface area contributed by atoms with E-state index in [2.05, 4.69) is 40.5 Å². The number of carbonyl (C=O) groups is 2. The summed E-state index contributed by atoms with van der Waals surface area (Å²) in [5.74, 6) is 0.595. The Morgan fingerprint density at radius 3 is 2.35 bits per heavy atom. The molecule has 4 heteroatoms. The van der Waals surface area contributed by atoms with E-state index < -0.39 is 0 Å². The first kappa shape index (κ1) is 18.3. The molecule has 136 valence electrons. The minimum Gasteiger partial charge on any atom is -0.324 e. The molecule has 0 aliphatic carbocycles. The molecule has 1 saturated heterocycles. The number of para-hydroxylation sites is 1. The van der Waals surface area contributed by atoms with Crippen LogP contribution in [0.4, 0.5) is 5.69 Å². The van der Waals surface area contributed by atoms with E-state index in [0.29, 0.717) is 23.7 Å². The molecule has 0 saturated carbocycles. The van der Waals surface area contributed by atoms with Crippen LogP contribution < -0.4 is 5.32 Å². The first-order valence-corrected chi connectivity index (χ1v) is 9.28. The van der Waals surface area contributed by atoms with Crippen molar-refractivity contribution in [3.05, 3.63) is 65.7 Å². The molecule has 4 nitrogen and oxygen atoms in total. The molecule has 2 aromatic carbocycles. The number of nitrogens with zero attached hydrogens (tertiary/aromatic N) is 1. The Balaban J connectivity index is 1.47. The zero-order valence-electron chi connectivity index (χ0n) is 15.3. The predicted octanol–water partition coefficient (Wildman–Crippen LogP) is 3.78. The number of piperidine rings is 1. The van der Waals surface area contributed by atoms with E-state index in [0.717, 1.165) is 32.4 Å². The van der Waals surface area contributed by atoms with Crippen molar-refractivity contribution in [3.63, 3.8) is 0 Å². The summed E-state index contributed by atoms with van der Waals surface area (Å²) >= 11 is 0. The number of anilines is 1. The molecule has 0 bridgehead atoms. The van der Waals surface area contributed by atoms with Crippen LogP contribution in [0, 0.1) is 5.92 Å². The number of hydrogen-bond donors (Lipinski definition) is 1. The van der Waals surface area contributed by atoms with Crippen molar-refractivity contribution in [2.45, 2.75) is 26.2 Å². The van der Waals surface area contributed by atoms with Crippen LogP contribution in [0.5, 0.6) is 0 Å². The van der Waals surface area contributed by atoms with Gasteiger partial charge in [-0.3, -0.25) is 14.5 Å². The van der Waals surface area contributed by atoms with Gasteiger partial charge in [-0.2, -0.15) is 0 Å². The van der Waals surface area contributed by atoms with E-state index in [4.69, 9.17) is 0 Å². The molecule has 1 aliphatic rings. The highest BCUT2D eigenvalue weighted by Crippen LogP contribution is 2.22. The molecular formula is C22H26N2O2. The summed E-state index contributed by atoms with van der Waals surface area (Å²) in [5.41, 5.74) is 2.55. The lowest BCUT2D eigenvalue weighted by Crippen LogP contribution is -2.39. The van der Waals surface area contributed by atoms with Crippen LogP contribution in [0.2, 0.25) is 0 Å². The van der Waals surface area contributed by atoms with Gasteiger partial charge in [0.25, 0.3) is 0 Å². The molecule has 3 rings (SSSR count). The summed E-state index contributed by atoms with van der Waals surface area (Å²) in [6.07, 6.45) is 3.35. The maximum absolute atomic E-state index is 12.4. The van der Waals surface area contributed by atoms with Crippen molar-refractivity contribution in [2.24, 2.45) is 5.92 Å². The Morgan fingerprint density at radius 1 is 1.00 bits per heavy atom. The zero-order valence-corrected chi connectivity index (χ0v) is 15.3. The maximum atomic E-state index is 12.4. The summed E-state index contributed by atoms with van der Waals surface area (Å²) in [4.78, 5) is 26.2. The number of nitrogens with one attached hydrogen (secondary N) is 1. The molecule has 0 atom stereocenters. The minimum atomic E-state index is -0.0554. The quantitative estimate of drug-likeness (QED) is 0.807. The van der Waals surface area contributed by atoms with Crippen LogP contribution >= 0.6 is 0 Å². The van der Waals surface area contributed by atoms with Gasteiger partial charge in [0.15, 0.2) is 5.78 Å². The average molecular weight is 350 g/mol. The Hall–Kier alpha value is -2.46. The topological polar surface area (TPSA) is 49.4 Å². The van der Waals surface area contributed by atoms with Crippen molar-refractivity contribution < 1.29 is 9.59 Å². The smallest absolute Gasteiger partial charge is 0.238 e. The molecule has 1 amide bonds. The zero-order chi connectivity index (χ0) is 18.4. The van der Waals surface area contributed by atoms with Crippen LogP contribution in [0.15, 0.2) is 54.6 Å². The van der Waals surface area contributed by atoms with E-state index in [1.807, 2.05) is 12.1 Å². The normalized spacial score (nSPS) is 15.6. The highest BCUT2D eigenvalue weighted by Gasteiger charge is 2.21. The lowest BCUT2D eigenvalue weighted by Gasteiger charge is -2.31.